The predicted molar refractivity (Wildman–Crippen MR) is 119 cm³/mol. The maximum Gasteiger partial charge on any atom is 0.573 e. The first kappa shape index (κ1) is 27.6. The van der Waals surface area contributed by atoms with Crippen LogP contribution in [0.3, 0.4) is 0 Å². The zero-order chi connectivity index (χ0) is 27.6. The van der Waals surface area contributed by atoms with Gasteiger partial charge in [-0.15, -0.1) is 13.2 Å². The molecule has 0 saturated carbocycles. The van der Waals surface area contributed by atoms with Crippen molar-refractivity contribution in [2.45, 2.75) is 45.5 Å². The summed E-state index contributed by atoms with van der Waals surface area (Å²) in [4.78, 5) is 14.9. The molecule has 1 heterocycles. The molecule has 0 radical (unpaired) electrons. The van der Waals surface area contributed by atoms with Crippen LogP contribution < -0.4 is 14.2 Å². The van der Waals surface area contributed by atoms with Crippen molar-refractivity contribution in [1.82, 2.24) is 4.98 Å². The van der Waals surface area contributed by atoms with E-state index in [1.54, 1.807) is 6.92 Å². The van der Waals surface area contributed by atoms with E-state index in [2.05, 4.69) is 9.72 Å². The maximum atomic E-state index is 13.7. The van der Waals surface area contributed by atoms with Gasteiger partial charge in [0.1, 0.15) is 23.9 Å². The first-order valence-corrected chi connectivity index (χ1v) is 10.6. The lowest BCUT2D eigenvalue weighted by Crippen LogP contribution is -2.38. The van der Waals surface area contributed by atoms with Gasteiger partial charge in [0, 0.05) is 11.1 Å². The molecule has 0 amide bonds. The highest BCUT2D eigenvalue weighted by Crippen LogP contribution is 2.34. The number of nitrogens with zero attached hydrogens (tertiary/aromatic N) is 1. The summed E-state index contributed by atoms with van der Waals surface area (Å²) in [5.41, 5.74) is -2.41. The monoisotopic (exact) mass is 529 g/mol. The summed E-state index contributed by atoms with van der Waals surface area (Å²) in [5.74, 6) is -1.20. The predicted octanol–water partition coefficient (Wildman–Crippen LogP) is 6.80. The first-order valence-electron chi connectivity index (χ1n) is 10.6. The van der Waals surface area contributed by atoms with Gasteiger partial charge in [-0.05, 0) is 74.9 Å². The van der Waals surface area contributed by atoms with Crippen molar-refractivity contribution in [3.8, 4) is 28.5 Å². The van der Waals surface area contributed by atoms with Gasteiger partial charge >= 0.3 is 18.5 Å². The van der Waals surface area contributed by atoms with Crippen LogP contribution in [-0.4, -0.2) is 28.0 Å². The molecule has 12 heteroatoms. The van der Waals surface area contributed by atoms with E-state index in [9.17, 15) is 36.2 Å². The summed E-state index contributed by atoms with van der Waals surface area (Å²) >= 11 is 0. The van der Waals surface area contributed by atoms with Gasteiger partial charge < -0.3 is 19.3 Å². The zero-order valence-electron chi connectivity index (χ0n) is 19.7. The van der Waals surface area contributed by atoms with Crippen LogP contribution in [0.2, 0.25) is 0 Å². The summed E-state index contributed by atoms with van der Waals surface area (Å²) in [7, 11) is 0. The van der Waals surface area contributed by atoms with Crippen LogP contribution in [-0.2, 0) is 17.6 Å². The number of alkyl halides is 6. The third kappa shape index (κ3) is 7.28. The van der Waals surface area contributed by atoms with Gasteiger partial charge in [-0.1, -0.05) is 6.07 Å². The summed E-state index contributed by atoms with van der Waals surface area (Å²) in [6, 6.07) is 11.1. The fraction of sp³-hybridized carbons (Fsp3) is 0.280. The Morgan fingerprint density at radius 1 is 0.892 bits per heavy atom. The Bertz CT molecular complexity index is 1270. The molecule has 1 aromatic heterocycles. The molecule has 0 aliphatic rings. The Morgan fingerprint density at radius 3 is 2.05 bits per heavy atom. The number of aryl methyl sites for hydroxylation is 1. The Balaban J connectivity index is 1.80. The fourth-order valence-electron chi connectivity index (χ4n) is 3.14. The molecule has 1 N–H and O–H groups in total. The molecule has 0 fully saturated rings. The number of hydrogen-bond donors (Lipinski definition) is 1. The lowest BCUT2D eigenvalue weighted by Gasteiger charge is -2.23. The molecule has 0 spiro atoms. The lowest BCUT2D eigenvalue weighted by atomic mass is 10.1. The highest BCUT2D eigenvalue weighted by molar-refractivity contribution is 5.76. The number of pyridine rings is 1. The van der Waals surface area contributed by atoms with Crippen molar-refractivity contribution in [3.63, 3.8) is 0 Å². The van der Waals surface area contributed by atoms with Crippen LogP contribution in [0.25, 0.3) is 11.3 Å². The average Bonchev–Trinajstić information content (AvgIpc) is 2.78. The number of carboxylic acid groups (broad SMARTS) is 1. The minimum atomic E-state index is -4.90. The number of aliphatic carboxylic acids is 1. The normalized spacial score (nSPS) is 12.2. The van der Waals surface area contributed by atoms with Crippen LogP contribution in [0.4, 0.5) is 26.3 Å². The second kappa shape index (κ2) is 10.2. The van der Waals surface area contributed by atoms with E-state index in [0.717, 1.165) is 24.3 Å². The number of benzene rings is 2. The molecule has 0 bridgehead atoms. The highest BCUT2D eigenvalue weighted by atomic mass is 19.4. The molecule has 0 aliphatic heterocycles. The third-order valence-electron chi connectivity index (χ3n) is 5.05. The third-order valence-corrected chi connectivity index (χ3v) is 5.05. The van der Waals surface area contributed by atoms with Crippen molar-refractivity contribution in [2.24, 2.45) is 0 Å². The van der Waals surface area contributed by atoms with Gasteiger partial charge in [0.05, 0.1) is 5.69 Å². The fourth-order valence-corrected chi connectivity index (χ4v) is 3.14. The number of aromatic nitrogens is 1. The van der Waals surface area contributed by atoms with Crippen LogP contribution in [0, 0.1) is 6.92 Å². The molecule has 6 nitrogen and oxygen atoms in total. The quantitative estimate of drug-likeness (QED) is 0.324. The van der Waals surface area contributed by atoms with Gasteiger partial charge in [-0.2, -0.15) is 13.2 Å². The van der Waals surface area contributed by atoms with E-state index in [4.69, 9.17) is 9.47 Å². The average molecular weight is 529 g/mol. The SMILES string of the molecule is Cc1cc(OCc2ccc(-c3ccc(OC(F)(F)F)cc3)nc2C(F)(F)F)ccc1OC(C)(C)C(=O)O. The summed E-state index contributed by atoms with van der Waals surface area (Å²) in [6.07, 6.45) is -9.73. The first-order chi connectivity index (χ1) is 17.0. The number of ether oxygens (including phenoxy) is 3. The van der Waals surface area contributed by atoms with Crippen LogP contribution in [0.15, 0.2) is 54.6 Å². The summed E-state index contributed by atoms with van der Waals surface area (Å²) in [5, 5.41) is 9.20. The number of halogens is 6. The highest BCUT2D eigenvalue weighted by Gasteiger charge is 2.36. The minimum absolute atomic E-state index is 0.104. The maximum absolute atomic E-state index is 13.7. The van der Waals surface area contributed by atoms with Crippen molar-refractivity contribution < 1.29 is 50.5 Å². The summed E-state index contributed by atoms with van der Waals surface area (Å²) < 4.78 is 92.9. The molecular weight excluding hydrogens is 508 g/mol. The molecule has 37 heavy (non-hydrogen) atoms. The molecule has 198 valence electrons. The molecule has 0 saturated heterocycles. The topological polar surface area (TPSA) is 77.9 Å². The van der Waals surface area contributed by atoms with Gasteiger partial charge in [-0.3, -0.25) is 0 Å². The van der Waals surface area contributed by atoms with Gasteiger partial charge in [0.25, 0.3) is 0 Å². The van der Waals surface area contributed by atoms with Crippen molar-refractivity contribution in [3.05, 3.63) is 71.4 Å². The molecule has 0 unspecified atom stereocenters. The number of hydrogen-bond acceptors (Lipinski definition) is 5. The standard InChI is InChI=1S/C25H21F6NO5/c1-14-12-18(9-11-20(14)37-23(2,3)22(33)34)35-13-16-6-10-19(32-21(16)24(26,27)28)15-4-7-17(8-5-15)36-25(29,30)31/h4-12H,13H2,1-3H3,(H,33,34). The van der Waals surface area contributed by atoms with Gasteiger partial charge in [0.15, 0.2) is 11.3 Å². The summed E-state index contributed by atoms with van der Waals surface area (Å²) in [6.45, 7) is 3.89. The molecule has 2 aromatic carbocycles. The molecule has 3 aromatic rings. The smallest absolute Gasteiger partial charge is 0.489 e. The molecule has 0 atom stereocenters. The van der Waals surface area contributed by atoms with Gasteiger partial charge in [0.2, 0.25) is 0 Å². The van der Waals surface area contributed by atoms with Crippen LogP contribution in [0.5, 0.6) is 17.2 Å². The van der Waals surface area contributed by atoms with E-state index in [1.807, 2.05) is 0 Å². The Kier molecular flexibility index (Phi) is 7.61. The van der Waals surface area contributed by atoms with E-state index < -0.39 is 42.2 Å². The second-order valence-electron chi connectivity index (χ2n) is 8.41. The lowest BCUT2D eigenvalue weighted by molar-refractivity contribution is -0.274. The van der Waals surface area contributed by atoms with E-state index in [-0.39, 0.29) is 28.3 Å². The number of rotatable bonds is 8. The Hall–Kier alpha value is -3.96. The molecule has 3 rings (SSSR count). The van der Waals surface area contributed by atoms with Gasteiger partial charge in [-0.25, -0.2) is 9.78 Å². The van der Waals surface area contributed by atoms with Crippen molar-refractivity contribution >= 4 is 5.97 Å². The number of carboxylic acids is 1. The Morgan fingerprint density at radius 2 is 1.51 bits per heavy atom. The zero-order valence-corrected chi connectivity index (χ0v) is 19.7. The van der Waals surface area contributed by atoms with E-state index in [1.165, 1.54) is 44.2 Å². The van der Waals surface area contributed by atoms with Crippen LogP contribution >= 0.6 is 0 Å². The van der Waals surface area contributed by atoms with Crippen LogP contribution in [0.1, 0.15) is 30.7 Å². The molecular formula is C25H21F6NO5. The minimum Gasteiger partial charge on any atom is -0.489 e. The molecule has 0 aliphatic carbocycles. The Labute approximate surface area is 207 Å². The largest absolute Gasteiger partial charge is 0.573 e. The number of carbonyl (C=O) groups is 1. The van der Waals surface area contributed by atoms with Crippen molar-refractivity contribution in [1.29, 1.82) is 0 Å². The van der Waals surface area contributed by atoms with E-state index >= 15 is 0 Å². The van der Waals surface area contributed by atoms with E-state index in [0.29, 0.717) is 5.56 Å². The van der Waals surface area contributed by atoms with Crippen molar-refractivity contribution in [2.75, 3.05) is 0 Å². The second-order valence-corrected chi connectivity index (χ2v) is 8.41.